The number of amides is 2. The van der Waals surface area contributed by atoms with Gasteiger partial charge in [-0.25, -0.2) is 9.59 Å². The highest BCUT2D eigenvalue weighted by molar-refractivity contribution is 5.85. The first-order valence-electron chi connectivity index (χ1n) is 4.98. The third-order valence-corrected chi connectivity index (χ3v) is 2.29. The molecule has 2 N–H and O–H groups in total. The van der Waals surface area contributed by atoms with Gasteiger partial charge in [0, 0.05) is 6.54 Å². The van der Waals surface area contributed by atoms with E-state index >= 15 is 0 Å². The lowest BCUT2D eigenvalue weighted by Crippen LogP contribution is -2.56. The lowest BCUT2D eigenvalue weighted by molar-refractivity contribution is -0.147. The van der Waals surface area contributed by atoms with Crippen molar-refractivity contribution in [3.8, 4) is 0 Å². The summed E-state index contributed by atoms with van der Waals surface area (Å²) < 4.78 is 9.33. The molecule has 0 aromatic heterocycles. The first kappa shape index (κ1) is 13.2. The van der Waals surface area contributed by atoms with Gasteiger partial charge in [-0.15, -0.1) is 0 Å². The first-order chi connectivity index (χ1) is 8.06. The van der Waals surface area contributed by atoms with E-state index in [1.807, 2.05) is 0 Å². The molecule has 8 nitrogen and oxygen atoms in total. The molecule has 0 spiro atoms. The summed E-state index contributed by atoms with van der Waals surface area (Å²) in [5.74, 6) is -1.74. The van der Waals surface area contributed by atoms with Crippen LogP contribution in [-0.2, 0) is 19.1 Å². The van der Waals surface area contributed by atoms with Crippen molar-refractivity contribution in [3.63, 3.8) is 0 Å². The number of carbonyl (C=O) groups is 3. The Hall–Kier alpha value is -1.83. The predicted molar refractivity (Wildman–Crippen MR) is 54.4 cm³/mol. The molecule has 0 radical (unpaired) electrons. The van der Waals surface area contributed by atoms with Gasteiger partial charge in [-0.1, -0.05) is 0 Å². The zero-order chi connectivity index (χ0) is 12.8. The number of carboxylic acid groups (broad SMARTS) is 1. The van der Waals surface area contributed by atoms with Gasteiger partial charge in [0.05, 0.1) is 20.3 Å². The smallest absolute Gasteiger partial charge is 0.328 e. The van der Waals surface area contributed by atoms with Crippen LogP contribution in [0.2, 0.25) is 0 Å². The molecule has 1 aliphatic heterocycles. The van der Waals surface area contributed by atoms with E-state index < -0.39 is 24.0 Å². The van der Waals surface area contributed by atoms with E-state index in [1.165, 1.54) is 7.11 Å². The van der Waals surface area contributed by atoms with Crippen LogP contribution < -0.4 is 5.32 Å². The van der Waals surface area contributed by atoms with Gasteiger partial charge in [-0.3, -0.25) is 4.79 Å². The maximum atomic E-state index is 11.6. The number of hydrogen-bond donors (Lipinski definition) is 2. The van der Waals surface area contributed by atoms with Crippen molar-refractivity contribution in [2.45, 2.75) is 6.04 Å². The molecule has 2 amide bonds. The van der Waals surface area contributed by atoms with E-state index in [2.05, 4.69) is 10.1 Å². The van der Waals surface area contributed by atoms with Gasteiger partial charge >= 0.3 is 18.0 Å². The number of hydrogen-bond acceptors (Lipinski definition) is 5. The van der Waals surface area contributed by atoms with Gasteiger partial charge in [-0.2, -0.15) is 0 Å². The highest BCUT2D eigenvalue weighted by Crippen LogP contribution is 2.07. The van der Waals surface area contributed by atoms with Crippen molar-refractivity contribution in [2.75, 3.05) is 33.4 Å². The van der Waals surface area contributed by atoms with Gasteiger partial charge in [0.25, 0.3) is 0 Å². The average Bonchev–Trinajstić information content (AvgIpc) is 2.35. The maximum absolute atomic E-state index is 11.6. The van der Waals surface area contributed by atoms with Gasteiger partial charge in [0.15, 0.2) is 6.04 Å². The second-order valence-corrected chi connectivity index (χ2v) is 3.36. The Kier molecular flexibility index (Phi) is 4.70. The molecule has 1 aliphatic rings. The molecule has 0 bridgehead atoms. The first-order valence-corrected chi connectivity index (χ1v) is 4.98. The second-order valence-electron chi connectivity index (χ2n) is 3.36. The van der Waals surface area contributed by atoms with E-state index in [4.69, 9.17) is 9.84 Å². The number of nitrogens with one attached hydrogen (secondary N) is 1. The molecule has 0 saturated carbocycles. The number of methoxy groups -OCH3 is 1. The minimum Gasteiger partial charge on any atom is -0.480 e. The Morgan fingerprint density at radius 3 is 2.82 bits per heavy atom. The van der Waals surface area contributed by atoms with Crippen LogP contribution >= 0.6 is 0 Å². The molecule has 1 rings (SSSR count). The molecular formula is C9H14N2O6. The largest absolute Gasteiger partial charge is 0.480 e. The Morgan fingerprint density at radius 1 is 1.53 bits per heavy atom. The number of carbonyl (C=O) groups excluding carboxylic acids is 2. The summed E-state index contributed by atoms with van der Waals surface area (Å²) >= 11 is 0. The highest BCUT2D eigenvalue weighted by Gasteiger charge is 2.32. The average molecular weight is 246 g/mol. The van der Waals surface area contributed by atoms with E-state index in [9.17, 15) is 14.4 Å². The molecule has 0 aromatic carbocycles. The number of carboxylic acids is 1. The summed E-state index contributed by atoms with van der Waals surface area (Å²) in [6.07, 6.45) is 0. The fraction of sp³-hybridized carbons (Fsp3) is 0.667. The molecule has 1 unspecified atom stereocenters. The number of morpholine rings is 1. The number of nitrogens with zero attached hydrogens (tertiary/aromatic N) is 1. The van der Waals surface area contributed by atoms with E-state index in [0.29, 0.717) is 0 Å². The fourth-order valence-electron chi connectivity index (χ4n) is 1.37. The summed E-state index contributed by atoms with van der Waals surface area (Å²) in [7, 11) is 1.20. The zero-order valence-electron chi connectivity index (χ0n) is 9.34. The standard InChI is InChI=1S/C9H14N2O6/c1-16-7(12)4-10-9(15)11-2-3-17-5-6(11)8(13)14/h6H,2-5H2,1H3,(H,10,15)(H,13,14). The Labute approximate surface area is 97.5 Å². The quantitative estimate of drug-likeness (QED) is 0.597. The summed E-state index contributed by atoms with van der Waals surface area (Å²) in [5, 5.41) is 11.2. The molecule has 1 saturated heterocycles. The van der Waals surface area contributed by atoms with E-state index in [1.54, 1.807) is 0 Å². The minimum atomic E-state index is -1.14. The van der Waals surface area contributed by atoms with Crippen LogP contribution in [0.1, 0.15) is 0 Å². The van der Waals surface area contributed by atoms with Crippen LogP contribution in [-0.4, -0.2) is 67.4 Å². The molecule has 0 aliphatic carbocycles. The summed E-state index contributed by atoms with van der Waals surface area (Å²) in [6.45, 7) is 0.0966. The molecule has 17 heavy (non-hydrogen) atoms. The molecule has 8 heteroatoms. The summed E-state index contributed by atoms with van der Waals surface area (Å²) in [6, 6.07) is -1.65. The Balaban J connectivity index is 2.53. The van der Waals surface area contributed by atoms with Crippen LogP contribution in [0.15, 0.2) is 0 Å². The maximum Gasteiger partial charge on any atom is 0.328 e. The minimum absolute atomic E-state index is 0.0546. The van der Waals surface area contributed by atoms with Crippen LogP contribution in [0.5, 0.6) is 0 Å². The molecule has 0 aromatic rings. The molecular weight excluding hydrogens is 232 g/mol. The van der Waals surface area contributed by atoms with E-state index in [-0.39, 0.29) is 26.3 Å². The third kappa shape index (κ3) is 3.59. The third-order valence-electron chi connectivity index (χ3n) is 2.29. The topological polar surface area (TPSA) is 105 Å². The van der Waals surface area contributed by atoms with Crippen LogP contribution in [0.4, 0.5) is 4.79 Å². The van der Waals surface area contributed by atoms with E-state index in [0.717, 1.165) is 4.90 Å². The van der Waals surface area contributed by atoms with Crippen LogP contribution in [0.25, 0.3) is 0 Å². The number of urea groups is 1. The lowest BCUT2D eigenvalue weighted by atomic mass is 10.2. The van der Waals surface area contributed by atoms with Gasteiger partial charge in [0.1, 0.15) is 6.54 Å². The van der Waals surface area contributed by atoms with Crippen molar-refractivity contribution in [3.05, 3.63) is 0 Å². The van der Waals surface area contributed by atoms with Crippen molar-refractivity contribution in [1.29, 1.82) is 0 Å². The Morgan fingerprint density at radius 2 is 2.24 bits per heavy atom. The molecule has 1 fully saturated rings. The number of esters is 1. The molecule has 1 heterocycles. The zero-order valence-corrected chi connectivity index (χ0v) is 9.34. The summed E-state index contributed by atoms with van der Waals surface area (Å²) in [5.41, 5.74) is 0. The van der Waals surface area contributed by atoms with Gasteiger partial charge in [-0.05, 0) is 0 Å². The number of ether oxygens (including phenoxy) is 2. The second kappa shape index (κ2) is 6.04. The van der Waals surface area contributed by atoms with Crippen LogP contribution in [0.3, 0.4) is 0 Å². The van der Waals surface area contributed by atoms with Gasteiger partial charge < -0.3 is 24.8 Å². The Bertz CT molecular complexity index is 319. The van der Waals surface area contributed by atoms with Gasteiger partial charge in [0.2, 0.25) is 0 Å². The van der Waals surface area contributed by atoms with Crippen LogP contribution in [0, 0.1) is 0 Å². The lowest BCUT2D eigenvalue weighted by Gasteiger charge is -2.32. The fourth-order valence-corrected chi connectivity index (χ4v) is 1.37. The molecule has 1 atom stereocenters. The van der Waals surface area contributed by atoms with Crippen molar-refractivity contribution < 1.29 is 29.0 Å². The monoisotopic (exact) mass is 246 g/mol. The van der Waals surface area contributed by atoms with Crippen molar-refractivity contribution in [1.82, 2.24) is 10.2 Å². The number of rotatable bonds is 3. The highest BCUT2D eigenvalue weighted by atomic mass is 16.5. The van der Waals surface area contributed by atoms with Crippen molar-refractivity contribution >= 4 is 18.0 Å². The SMILES string of the molecule is COC(=O)CNC(=O)N1CCOCC1C(=O)O. The number of aliphatic carboxylic acids is 1. The van der Waals surface area contributed by atoms with Crippen molar-refractivity contribution in [2.24, 2.45) is 0 Å². The summed E-state index contributed by atoms with van der Waals surface area (Å²) in [4.78, 5) is 34.4. The predicted octanol–water partition coefficient (Wildman–Crippen LogP) is -1.35. The normalized spacial score (nSPS) is 19.6. The molecule has 96 valence electrons.